The molecule has 0 atom stereocenters. The number of carbonyl (C=O) groups excluding carboxylic acids is 1. The van der Waals surface area contributed by atoms with Gasteiger partial charge in [-0.2, -0.15) is 0 Å². The van der Waals surface area contributed by atoms with Gasteiger partial charge in [-0.05, 0) is 12.8 Å². The predicted octanol–water partition coefficient (Wildman–Crippen LogP) is 1.00. The Bertz CT molecular complexity index is 176. The van der Waals surface area contributed by atoms with Gasteiger partial charge in [-0.25, -0.2) is 4.79 Å². The molecule has 1 fully saturated rings. The van der Waals surface area contributed by atoms with Crippen molar-refractivity contribution < 1.29 is 9.53 Å². The second kappa shape index (κ2) is 4.46. The van der Waals surface area contributed by atoms with Gasteiger partial charge >= 0.3 is 6.09 Å². The first kappa shape index (κ1) is 10.3. The Hall–Kier alpha value is -0.770. The molecule has 0 spiro atoms. The third-order valence-electron chi connectivity index (χ3n) is 2.54. The molecule has 0 radical (unpaired) electrons. The smallest absolute Gasteiger partial charge is 0.406 e. The standard InChI is InChI=1S/C9H18N2O2/c1-11-8(12)13-7-9(10)5-3-2-4-6-9/h2-7,10H2,1H3,(H,11,12). The van der Waals surface area contributed by atoms with Crippen molar-refractivity contribution in [2.75, 3.05) is 13.7 Å². The van der Waals surface area contributed by atoms with E-state index in [1.165, 1.54) is 6.42 Å². The molecule has 1 aliphatic rings. The number of nitrogens with one attached hydrogen (secondary N) is 1. The number of amides is 1. The van der Waals surface area contributed by atoms with Crippen LogP contribution in [0.4, 0.5) is 4.79 Å². The Morgan fingerprint density at radius 3 is 2.62 bits per heavy atom. The predicted molar refractivity (Wildman–Crippen MR) is 50.4 cm³/mol. The third-order valence-corrected chi connectivity index (χ3v) is 2.54. The van der Waals surface area contributed by atoms with Crippen LogP contribution >= 0.6 is 0 Å². The molecular formula is C9H18N2O2. The Morgan fingerprint density at radius 1 is 1.46 bits per heavy atom. The van der Waals surface area contributed by atoms with Crippen LogP contribution in [-0.4, -0.2) is 25.3 Å². The van der Waals surface area contributed by atoms with E-state index in [2.05, 4.69) is 5.32 Å². The monoisotopic (exact) mass is 186 g/mol. The zero-order valence-corrected chi connectivity index (χ0v) is 8.14. The molecule has 4 nitrogen and oxygen atoms in total. The summed E-state index contributed by atoms with van der Waals surface area (Å²) in [6, 6.07) is 0. The SMILES string of the molecule is CNC(=O)OCC1(N)CCCCC1. The van der Waals surface area contributed by atoms with Crippen LogP contribution in [0.2, 0.25) is 0 Å². The number of nitrogens with two attached hydrogens (primary N) is 1. The molecule has 0 heterocycles. The summed E-state index contributed by atoms with van der Waals surface area (Å²) in [5.74, 6) is 0. The highest BCUT2D eigenvalue weighted by Crippen LogP contribution is 2.25. The third kappa shape index (κ3) is 3.22. The van der Waals surface area contributed by atoms with Crippen molar-refractivity contribution >= 4 is 6.09 Å². The van der Waals surface area contributed by atoms with Gasteiger partial charge in [0.1, 0.15) is 6.61 Å². The lowest BCUT2D eigenvalue weighted by molar-refractivity contribution is 0.103. The van der Waals surface area contributed by atoms with E-state index < -0.39 is 6.09 Å². The molecule has 3 N–H and O–H groups in total. The van der Waals surface area contributed by atoms with E-state index in [1.54, 1.807) is 7.05 Å². The molecule has 0 unspecified atom stereocenters. The van der Waals surface area contributed by atoms with Crippen LogP contribution in [0.1, 0.15) is 32.1 Å². The molecule has 1 rings (SSSR count). The molecule has 1 aliphatic carbocycles. The fourth-order valence-corrected chi connectivity index (χ4v) is 1.68. The number of alkyl carbamates (subject to hydrolysis) is 1. The first-order valence-electron chi connectivity index (χ1n) is 4.80. The van der Waals surface area contributed by atoms with Crippen LogP contribution < -0.4 is 11.1 Å². The number of ether oxygens (including phenoxy) is 1. The molecule has 0 aliphatic heterocycles. The number of hydrogen-bond acceptors (Lipinski definition) is 3. The van der Waals surface area contributed by atoms with Crippen molar-refractivity contribution in [3.05, 3.63) is 0 Å². The van der Waals surface area contributed by atoms with Crippen LogP contribution in [-0.2, 0) is 4.74 Å². The van der Waals surface area contributed by atoms with Gasteiger partial charge in [0.25, 0.3) is 0 Å². The highest BCUT2D eigenvalue weighted by atomic mass is 16.5. The summed E-state index contributed by atoms with van der Waals surface area (Å²) in [6.45, 7) is 0.340. The van der Waals surface area contributed by atoms with Crippen molar-refractivity contribution in [3.63, 3.8) is 0 Å². The molecule has 0 aromatic carbocycles. The Morgan fingerprint density at radius 2 is 2.08 bits per heavy atom. The largest absolute Gasteiger partial charge is 0.448 e. The summed E-state index contributed by atoms with van der Waals surface area (Å²) in [5, 5.41) is 2.41. The van der Waals surface area contributed by atoms with Crippen molar-refractivity contribution in [3.8, 4) is 0 Å². The topological polar surface area (TPSA) is 64.3 Å². The van der Waals surface area contributed by atoms with E-state index in [9.17, 15) is 4.79 Å². The minimum atomic E-state index is -0.393. The van der Waals surface area contributed by atoms with Crippen molar-refractivity contribution in [1.29, 1.82) is 0 Å². The molecule has 13 heavy (non-hydrogen) atoms. The van der Waals surface area contributed by atoms with Crippen molar-refractivity contribution in [2.45, 2.75) is 37.6 Å². The zero-order chi connectivity index (χ0) is 9.73. The molecule has 0 saturated heterocycles. The number of hydrogen-bond donors (Lipinski definition) is 2. The van der Waals surface area contributed by atoms with Gasteiger partial charge in [-0.3, -0.25) is 0 Å². The summed E-state index contributed by atoms with van der Waals surface area (Å²) >= 11 is 0. The molecule has 1 amide bonds. The molecule has 1 saturated carbocycles. The Kier molecular flexibility index (Phi) is 3.54. The molecule has 0 aromatic rings. The first-order chi connectivity index (χ1) is 6.16. The lowest BCUT2D eigenvalue weighted by Crippen LogP contribution is -2.47. The Labute approximate surface area is 78.8 Å². The quantitative estimate of drug-likeness (QED) is 0.676. The van der Waals surface area contributed by atoms with Crippen molar-refractivity contribution in [1.82, 2.24) is 5.32 Å². The van der Waals surface area contributed by atoms with Crippen LogP contribution in [0.25, 0.3) is 0 Å². The highest BCUT2D eigenvalue weighted by molar-refractivity contribution is 5.66. The molecule has 4 heteroatoms. The van der Waals surface area contributed by atoms with Crippen LogP contribution in [0.3, 0.4) is 0 Å². The van der Waals surface area contributed by atoms with Crippen LogP contribution in [0.15, 0.2) is 0 Å². The van der Waals surface area contributed by atoms with E-state index in [0.717, 1.165) is 25.7 Å². The maximum absolute atomic E-state index is 10.8. The van der Waals surface area contributed by atoms with Crippen molar-refractivity contribution in [2.24, 2.45) is 5.73 Å². The van der Waals surface area contributed by atoms with E-state index in [-0.39, 0.29) is 5.54 Å². The Balaban J connectivity index is 2.28. The van der Waals surface area contributed by atoms with Gasteiger partial charge in [0.15, 0.2) is 0 Å². The van der Waals surface area contributed by atoms with E-state index in [1.807, 2.05) is 0 Å². The van der Waals surface area contributed by atoms with Gasteiger partial charge in [-0.15, -0.1) is 0 Å². The maximum atomic E-state index is 10.8. The van der Waals surface area contributed by atoms with Crippen LogP contribution in [0, 0.1) is 0 Å². The number of carbonyl (C=O) groups is 1. The molecule has 76 valence electrons. The van der Waals surface area contributed by atoms with Gasteiger partial charge < -0.3 is 15.8 Å². The van der Waals surface area contributed by atoms with E-state index in [0.29, 0.717) is 6.61 Å². The second-order valence-electron chi connectivity index (χ2n) is 3.75. The first-order valence-corrected chi connectivity index (χ1v) is 4.80. The molecule has 0 aromatic heterocycles. The van der Waals surface area contributed by atoms with Gasteiger partial charge in [-0.1, -0.05) is 19.3 Å². The zero-order valence-electron chi connectivity index (χ0n) is 8.14. The summed E-state index contributed by atoms with van der Waals surface area (Å²) in [7, 11) is 1.55. The average Bonchev–Trinajstić information content (AvgIpc) is 2.15. The fraction of sp³-hybridized carbons (Fsp3) is 0.889. The lowest BCUT2D eigenvalue weighted by Gasteiger charge is -2.32. The highest BCUT2D eigenvalue weighted by Gasteiger charge is 2.28. The second-order valence-corrected chi connectivity index (χ2v) is 3.75. The number of rotatable bonds is 2. The minimum Gasteiger partial charge on any atom is -0.448 e. The summed E-state index contributed by atoms with van der Waals surface area (Å²) in [5.41, 5.74) is 5.78. The van der Waals surface area contributed by atoms with Gasteiger partial charge in [0.05, 0.1) is 5.54 Å². The fourth-order valence-electron chi connectivity index (χ4n) is 1.68. The minimum absolute atomic E-state index is 0.273. The summed E-state index contributed by atoms with van der Waals surface area (Å²) < 4.78 is 4.96. The van der Waals surface area contributed by atoms with E-state index in [4.69, 9.17) is 10.5 Å². The molecule has 0 bridgehead atoms. The average molecular weight is 186 g/mol. The van der Waals surface area contributed by atoms with E-state index >= 15 is 0 Å². The summed E-state index contributed by atoms with van der Waals surface area (Å²) in [4.78, 5) is 10.8. The normalized spacial score (nSPS) is 20.8. The van der Waals surface area contributed by atoms with Crippen LogP contribution in [0.5, 0.6) is 0 Å². The van der Waals surface area contributed by atoms with Gasteiger partial charge in [0, 0.05) is 7.05 Å². The maximum Gasteiger partial charge on any atom is 0.406 e. The summed E-state index contributed by atoms with van der Waals surface area (Å²) in [6.07, 6.45) is 5.07. The lowest BCUT2D eigenvalue weighted by atomic mass is 9.83. The van der Waals surface area contributed by atoms with Gasteiger partial charge in [0.2, 0.25) is 0 Å². The molecular weight excluding hydrogens is 168 g/mol.